The van der Waals surface area contributed by atoms with E-state index in [0.29, 0.717) is 5.75 Å². The lowest BCUT2D eigenvalue weighted by Gasteiger charge is -1.97. The van der Waals surface area contributed by atoms with Gasteiger partial charge < -0.3 is 5.11 Å². The number of aromatic hydroxyl groups is 1. The van der Waals surface area contributed by atoms with Crippen molar-refractivity contribution in [1.29, 1.82) is 0 Å². The molecule has 0 atom stereocenters. The van der Waals surface area contributed by atoms with E-state index in [0.717, 1.165) is 22.6 Å². The molecule has 0 saturated heterocycles. The maximum absolute atomic E-state index is 10.0. The van der Waals surface area contributed by atoms with Gasteiger partial charge in [-0.25, -0.2) is 0 Å². The number of phenols is 1. The van der Waals surface area contributed by atoms with Gasteiger partial charge in [0, 0.05) is 10.9 Å². The normalized spacial score (nSPS) is 9.47. The number of rotatable bonds is 1. The van der Waals surface area contributed by atoms with Crippen LogP contribution in [-0.4, -0.2) is 11.4 Å². The maximum Gasteiger partial charge on any atom is 0.150 e. The molecule has 3 aromatic carbocycles. The molecule has 2 heteroatoms. The molecule has 19 heavy (non-hydrogen) atoms. The zero-order chi connectivity index (χ0) is 13.5. The monoisotopic (exact) mass is 250 g/mol. The van der Waals surface area contributed by atoms with Crippen LogP contribution in [-0.2, 0) is 0 Å². The fraction of sp³-hybridized carbons (Fsp3) is 0. The van der Waals surface area contributed by atoms with Gasteiger partial charge in [0.25, 0.3) is 0 Å². The van der Waals surface area contributed by atoms with Crippen molar-refractivity contribution in [2.75, 3.05) is 0 Å². The van der Waals surface area contributed by atoms with E-state index in [1.165, 1.54) is 0 Å². The Balaban J connectivity index is 0.000000148. The summed E-state index contributed by atoms with van der Waals surface area (Å²) in [6, 6.07) is 22.4. The first-order chi connectivity index (χ1) is 9.31. The zero-order valence-electron chi connectivity index (χ0n) is 10.4. The van der Waals surface area contributed by atoms with Crippen molar-refractivity contribution in [3.63, 3.8) is 0 Å². The van der Waals surface area contributed by atoms with Gasteiger partial charge in [-0.15, -0.1) is 0 Å². The summed E-state index contributed by atoms with van der Waals surface area (Å²) in [7, 11) is 0. The first-order valence-corrected chi connectivity index (χ1v) is 5.98. The van der Waals surface area contributed by atoms with Crippen molar-refractivity contribution in [3.8, 4) is 5.75 Å². The second-order valence-electron chi connectivity index (χ2n) is 4.03. The largest absolute Gasteiger partial charge is 0.507 e. The molecule has 0 radical (unpaired) electrons. The minimum Gasteiger partial charge on any atom is -0.507 e. The van der Waals surface area contributed by atoms with Gasteiger partial charge in [0.05, 0.1) is 0 Å². The molecule has 1 N–H and O–H groups in total. The van der Waals surface area contributed by atoms with E-state index >= 15 is 0 Å². The van der Waals surface area contributed by atoms with Gasteiger partial charge in [-0.2, -0.15) is 0 Å². The highest BCUT2D eigenvalue weighted by atomic mass is 16.3. The molecule has 0 saturated carbocycles. The molecule has 0 aliphatic carbocycles. The zero-order valence-corrected chi connectivity index (χ0v) is 10.4. The van der Waals surface area contributed by atoms with Crippen molar-refractivity contribution in [2.45, 2.75) is 0 Å². The topological polar surface area (TPSA) is 37.3 Å². The van der Waals surface area contributed by atoms with Crippen molar-refractivity contribution in [3.05, 3.63) is 78.4 Å². The first-order valence-electron chi connectivity index (χ1n) is 5.98. The number of hydrogen-bond acceptors (Lipinski definition) is 2. The van der Waals surface area contributed by atoms with Crippen LogP contribution in [0.15, 0.2) is 72.8 Å². The molecule has 2 nitrogen and oxygen atoms in total. The maximum atomic E-state index is 10.0. The van der Waals surface area contributed by atoms with Crippen molar-refractivity contribution in [2.24, 2.45) is 0 Å². The Hall–Kier alpha value is -2.61. The Labute approximate surface area is 111 Å². The fourth-order valence-electron chi connectivity index (χ4n) is 1.74. The molecule has 0 unspecified atom stereocenters. The quantitative estimate of drug-likeness (QED) is 0.662. The molecule has 3 rings (SSSR count). The van der Waals surface area contributed by atoms with E-state index in [4.69, 9.17) is 0 Å². The fourth-order valence-corrected chi connectivity index (χ4v) is 1.74. The molecular weight excluding hydrogens is 236 g/mol. The number of fused-ring (bicyclic) bond motifs is 1. The van der Waals surface area contributed by atoms with Crippen LogP contribution in [0.2, 0.25) is 0 Å². The predicted molar refractivity (Wildman–Crippen MR) is 77.4 cm³/mol. The number of hydrogen-bond donors (Lipinski definition) is 1. The number of phenolic OH excluding ortho intramolecular Hbond substituents is 1. The van der Waals surface area contributed by atoms with Crippen molar-refractivity contribution < 1.29 is 9.90 Å². The van der Waals surface area contributed by atoms with Crippen LogP contribution in [0.1, 0.15) is 10.4 Å². The molecule has 3 aromatic rings. The number of benzene rings is 3. The van der Waals surface area contributed by atoms with Crippen LogP contribution < -0.4 is 0 Å². The van der Waals surface area contributed by atoms with Crippen molar-refractivity contribution >= 4 is 17.1 Å². The standard InChI is InChI=1S/C10H8O.C7H6O/c11-10-7-3-5-8-4-1-2-6-9(8)10;8-6-7-4-2-1-3-5-7/h1-7,11H;1-6H. The average Bonchev–Trinajstić information content (AvgIpc) is 2.49. The molecule has 0 amide bonds. The highest BCUT2D eigenvalue weighted by Crippen LogP contribution is 2.22. The van der Waals surface area contributed by atoms with E-state index in [-0.39, 0.29) is 0 Å². The van der Waals surface area contributed by atoms with Gasteiger partial charge in [0.1, 0.15) is 12.0 Å². The van der Waals surface area contributed by atoms with E-state index in [1.54, 1.807) is 18.2 Å². The van der Waals surface area contributed by atoms with Crippen LogP contribution in [0, 0.1) is 0 Å². The number of aldehydes is 1. The summed E-state index contributed by atoms with van der Waals surface area (Å²) in [6.45, 7) is 0. The lowest BCUT2D eigenvalue weighted by Crippen LogP contribution is -1.73. The van der Waals surface area contributed by atoms with Gasteiger partial charge >= 0.3 is 0 Å². The molecule has 0 bridgehead atoms. The third-order valence-corrected chi connectivity index (χ3v) is 2.70. The van der Waals surface area contributed by atoms with Gasteiger partial charge in [0.2, 0.25) is 0 Å². The molecule has 94 valence electrons. The van der Waals surface area contributed by atoms with Crippen LogP contribution in [0.5, 0.6) is 5.75 Å². The van der Waals surface area contributed by atoms with Gasteiger partial charge in [-0.05, 0) is 11.5 Å². The van der Waals surface area contributed by atoms with E-state index in [1.807, 2.05) is 54.6 Å². The summed E-state index contributed by atoms with van der Waals surface area (Å²) in [5, 5.41) is 11.4. The molecule has 0 fully saturated rings. The summed E-state index contributed by atoms with van der Waals surface area (Å²) >= 11 is 0. The average molecular weight is 250 g/mol. The van der Waals surface area contributed by atoms with E-state index < -0.39 is 0 Å². The van der Waals surface area contributed by atoms with Gasteiger partial charge in [-0.3, -0.25) is 4.79 Å². The van der Waals surface area contributed by atoms with Crippen LogP contribution in [0.3, 0.4) is 0 Å². The minimum atomic E-state index is 0.350. The first kappa shape index (κ1) is 12.8. The predicted octanol–water partition coefficient (Wildman–Crippen LogP) is 4.04. The lowest BCUT2D eigenvalue weighted by molar-refractivity contribution is 0.112. The summed E-state index contributed by atoms with van der Waals surface area (Å²) in [6.07, 6.45) is 0.833. The van der Waals surface area contributed by atoms with E-state index in [2.05, 4.69) is 0 Å². The Morgan fingerprint density at radius 2 is 1.37 bits per heavy atom. The highest BCUT2D eigenvalue weighted by Gasteiger charge is 1.94. The lowest BCUT2D eigenvalue weighted by atomic mass is 10.1. The third-order valence-electron chi connectivity index (χ3n) is 2.70. The Kier molecular flexibility index (Phi) is 4.29. The smallest absolute Gasteiger partial charge is 0.150 e. The van der Waals surface area contributed by atoms with Crippen LogP contribution in [0.25, 0.3) is 10.8 Å². The van der Waals surface area contributed by atoms with Gasteiger partial charge in [0.15, 0.2) is 0 Å². The molecule has 0 aliphatic rings. The second-order valence-corrected chi connectivity index (χ2v) is 4.03. The Morgan fingerprint density at radius 1 is 0.737 bits per heavy atom. The molecule has 0 heterocycles. The van der Waals surface area contributed by atoms with E-state index in [9.17, 15) is 9.90 Å². The third kappa shape index (κ3) is 3.42. The number of carbonyl (C=O) groups is 1. The summed E-state index contributed by atoms with van der Waals surface area (Å²) < 4.78 is 0. The summed E-state index contributed by atoms with van der Waals surface area (Å²) in [5.74, 6) is 0.350. The minimum absolute atomic E-state index is 0.350. The summed E-state index contributed by atoms with van der Waals surface area (Å²) in [5.41, 5.74) is 0.729. The number of carbonyl (C=O) groups excluding carboxylic acids is 1. The van der Waals surface area contributed by atoms with Crippen molar-refractivity contribution in [1.82, 2.24) is 0 Å². The Morgan fingerprint density at radius 3 is 2.00 bits per heavy atom. The molecule has 0 spiro atoms. The van der Waals surface area contributed by atoms with Crippen LogP contribution >= 0.6 is 0 Å². The molecule has 0 aromatic heterocycles. The summed E-state index contributed by atoms with van der Waals surface area (Å²) in [4.78, 5) is 10.0. The van der Waals surface area contributed by atoms with Crippen LogP contribution in [0.4, 0.5) is 0 Å². The molecule has 0 aliphatic heterocycles. The van der Waals surface area contributed by atoms with Gasteiger partial charge in [-0.1, -0.05) is 66.7 Å². The Bertz CT molecular complexity index is 655. The highest BCUT2D eigenvalue weighted by molar-refractivity contribution is 5.87. The molecular formula is C17H14O2. The second kappa shape index (κ2) is 6.36. The SMILES string of the molecule is O=Cc1ccccc1.Oc1cccc2ccccc12.